The van der Waals surface area contributed by atoms with Gasteiger partial charge in [-0.05, 0) is 65.7 Å². The summed E-state index contributed by atoms with van der Waals surface area (Å²) in [7, 11) is 0. The number of para-hydroxylation sites is 2. The lowest BCUT2D eigenvalue weighted by Crippen LogP contribution is -1.94. The molecule has 0 amide bonds. The van der Waals surface area contributed by atoms with Crippen molar-refractivity contribution in [1.82, 2.24) is 4.57 Å². The van der Waals surface area contributed by atoms with Crippen LogP contribution >= 0.6 is 11.3 Å². The van der Waals surface area contributed by atoms with Gasteiger partial charge in [-0.2, -0.15) is 5.26 Å². The van der Waals surface area contributed by atoms with Gasteiger partial charge in [-0.15, -0.1) is 11.3 Å². The average Bonchev–Trinajstić information content (AvgIpc) is 3.43. The molecule has 0 radical (unpaired) electrons. The molecule has 0 N–H and O–H groups in total. The fourth-order valence-electron chi connectivity index (χ4n) is 5.05. The highest BCUT2D eigenvalue weighted by Gasteiger charge is 2.13. The van der Waals surface area contributed by atoms with Crippen LogP contribution in [0.3, 0.4) is 0 Å². The second kappa shape index (κ2) is 7.31. The third-order valence-corrected chi connectivity index (χ3v) is 7.77. The summed E-state index contributed by atoms with van der Waals surface area (Å²) in [6.45, 7) is 0. The minimum absolute atomic E-state index is 0.700. The summed E-state index contributed by atoms with van der Waals surface area (Å²) >= 11 is 1.78. The van der Waals surface area contributed by atoms with Crippen molar-refractivity contribution < 1.29 is 0 Å². The number of nitriles is 1. The van der Waals surface area contributed by atoms with E-state index in [9.17, 15) is 5.26 Å². The number of aromatic nitrogens is 1. The van der Waals surface area contributed by atoms with Gasteiger partial charge in [-0.3, -0.25) is 0 Å². The van der Waals surface area contributed by atoms with Crippen LogP contribution in [-0.2, 0) is 0 Å². The van der Waals surface area contributed by atoms with Crippen molar-refractivity contribution in [2.75, 3.05) is 0 Å². The van der Waals surface area contributed by atoms with Crippen LogP contribution in [-0.4, -0.2) is 4.57 Å². The minimum Gasteiger partial charge on any atom is -0.309 e. The Balaban J connectivity index is 1.44. The summed E-state index contributed by atoms with van der Waals surface area (Å²) in [4.78, 5) is 0. The van der Waals surface area contributed by atoms with Crippen LogP contribution in [0.15, 0.2) is 109 Å². The third-order valence-electron chi connectivity index (χ3n) is 6.62. The Morgan fingerprint density at radius 2 is 1.21 bits per heavy atom. The van der Waals surface area contributed by atoms with Gasteiger partial charge in [0.1, 0.15) is 0 Å². The van der Waals surface area contributed by atoms with E-state index in [2.05, 4.69) is 108 Å². The molecule has 2 aromatic heterocycles. The summed E-state index contributed by atoms with van der Waals surface area (Å²) in [5, 5.41) is 14.3. The van der Waals surface area contributed by atoms with Crippen LogP contribution in [0.25, 0.3) is 58.8 Å². The van der Waals surface area contributed by atoms with Crippen molar-refractivity contribution in [3.05, 3.63) is 115 Å². The lowest BCUT2D eigenvalue weighted by atomic mass is 10.0. The summed E-state index contributed by atoms with van der Waals surface area (Å²) in [5.41, 5.74) is 6.63. The first-order chi connectivity index (χ1) is 16.8. The molecule has 0 aliphatic rings. The van der Waals surface area contributed by atoms with E-state index in [0.717, 1.165) is 11.1 Å². The first-order valence-electron chi connectivity index (χ1n) is 11.3. The van der Waals surface area contributed by atoms with Gasteiger partial charge in [0.15, 0.2) is 0 Å². The van der Waals surface area contributed by atoms with E-state index < -0.39 is 0 Å². The van der Waals surface area contributed by atoms with Crippen LogP contribution in [0.2, 0.25) is 0 Å². The zero-order valence-corrected chi connectivity index (χ0v) is 19.0. The SMILES string of the molecule is N#Cc1ccc2sc3ccc(-c4cccc(-n5c6ccccc6c6ccccc65)c4)cc3c2c1. The van der Waals surface area contributed by atoms with Gasteiger partial charge >= 0.3 is 0 Å². The molecule has 5 aromatic carbocycles. The Morgan fingerprint density at radius 1 is 0.559 bits per heavy atom. The highest BCUT2D eigenvalue weighted by molar-refractivity contribution is 7.25. The van der Waals surface area contributed by atoms with E-state index in [4.69, 9.17) is 0 Å². The second-order valence-corrected chi connectivity index (χ2v) is 9.64. The standard InChI is InChI=1S/C31H18N2S/c32-19-20-12-14-30-26(16-20)27-18-22(13-15-31(27)34-30)21-6-5-7-23(17-21)33-28-10-3-1-8-24(28)25-9-2-4-11-29(25)33/h1-18H. The van der Waals surface area contributed by atoms with Crippen molar-refractivity contribution in [3.63, 3.8) is 0 Å². The summed E-state index contributed by atoms with van der Waals surface area (Å²) in [6, 6.07) is 40.9. The quantitative estimate of drug-likeness (QED) is 0.259. The smallest absolute Gasteiger partial charge is 0.0991 e. The van der Waals surface area contributed by atoms with Gasteiger partial charge in [0.2, 0.25) is 0 Å². The molecule has 2 heterocycles. The topological polar surface area (TPSA) is 28.7 Å². The lowest BCUT2D eigenvalue weighted by Gasteiger charge is -2.10. The number of benzene rings is 5. The average molecular weight is 451 g/mol. The number of rotatable bonds is 2. The van der Waals surface area contributed by atoms with E-state index in [1.807, 2.05) is 12.1 Å². The van der Waals surface area contributed by atoms with E-state index in [-0.39, 0.29) is 0 Å². The number of thiophene rings is 1. The third kappa shape index (κ3) is 2.80. The molecule has 3 heteroatoms. The molecule has 158 valence electrons. The molecule has 7 aromatic rings. The minimum atomic E-state index is 0.700. The monoisotopic (exact) mass is 450 g/mol. The molecule has 0 aliphatic heterocycles. The Kier molecular flexibility index (Phi) is 4.11. The highest BCUT2D eigenvalue weighted by atomic mass is 32.1. The van der Waals surface area contributed by atoms with Crippen LogP contribution in [0.5, 0.6) is 0 Å². The van der Waals surface area contributed by atoms with Crippen molar-refractivity contribution in [2.24, 2.45) is 0 Å². The van der Waals surface area contributed by atoms with Gasteiger partial charge in [-0.1, -0.05) is 54.6 Å². The lowest BCUT2D eigenvalue weighted by molar-refractivity contribution is 1.18. The molecular formula is C31H18N2S. The van der Waals surface area contributed by atoms with E-state index in [0.29, 0.717) is 5.56 Å². The molecule has 7 rings (SSSR count). The van der Waals surface area contributed by atoms with Crippen LogP contribution in [0.4, 0.5) is 0 Å². The van der Waals surface area contributed by atoms with Crippen molar-refractivity contribution >= 4 is 53.3 Å². The fraction of sp³-hybridized carbons (Fsp3) is 0. The molecule has 0 unspecified atom stereocenters. The van der Waals surface area contributed by atoms with E-state index in [1.165, 1.54) is 47.7 Å². The molecule has 0 spiro atoms. The Bertz CT molecular complexity index is 1880. The van der Waals surface area contributed by atoms with Crippen molar-refractivity contribution in [3.8, 4) is 22.9 Å². The number of hydrogen-bond acceptors (Lipinski definition) is 2. The highest BCUT2D eigenvalue weighted by Crippen LogP contribution is 2.38. The zero-order valence-electron chi connectivity index (χ0n) is 18.2. The van der Waals surface area contributed by atoms with Crippen LogP contribution in [0, 0.1) is 11.3 Å². The molecule has 0 saturated heterocycles. The van der Waals surface area contributed by atoms with Crippen LogP contribution < -0.4 is 0 Å². The molecule has 0 aliphatic carbocycles. The maximum Gasteiger partial charge on any atom is 0.0991 e. The molecule has 0 fully saturated rings. The molecule has 2 nitrogen and oxygen atoms in total. The number of nitrogens with zero attached hydrogens (tertiary/aromatic N) is 2. The van der Waals surface area contributed by atoms with E-state index in [1.54, 1.807) is 11.3 Å². The molecule has 34 heavy (non-hydrogen) atoms. The molecule has 0 atom stereocenters. The van der Waals surface area contributed by atoms with Gasteiger partial charge < -0.3 is 4.57 Å². The number of hydrogen-bond donors (Lipinski definition) is 0. The van der Waals surface area contributed by atoms with Crippen molar-refractivity contribution in [2.45, 2.75) is 0 Å². The van der Waals surface area contributed by atoms with Crippen LogP contribution in [0.1, 0.15) is 5.56 Å². The Morgan fingerprint density at radius 3 is 1.94 bits per heavy atom. The van der Waals surface area contributed by atoms with Gasteiger partial charge in [0, 0.05) is 36.6 Å². The molecule has 0 saturated carbocycles. The summed E-state index contributed by atoms with van der Waals surface area (Å²) in [5.74, 6) is 0. The van der Waals surface area contributed by atoms with Gasteiger partial charge in [0.25, 0.3) is 0 Å². The van der Waals surface area contributed by atoms with Gasteiger partial charge in [0.05, 0.1) is 22.7 Å². The predicted octanol–water partition coefficient (Wildman–Crippen LogP) is 8.69. The fourth-order valence-corrected chi connectivity index (χ4v) is 6.12. The molecule has 0 bridgehead atoms. The summed E-state index contributed by atoms with van der Waals surface area (Å²) in [6.07, 6.45) is 0. The Hall–Kier alpha value is -4.39. The maximum atomic E-state index is 9.36. The van der Waals surface area contributed by atoms with Crippen molar-refractivity contribution in [1.29, 1.82) is 5.26 Å². The van der Waals surface area contributed by atoms with Gasteiger partial charge in [-0.25, -0.2) is 0 Å². The van der Waals surface area contributed by atoms with E-state index >= 15 is 0 Å². The first kappa shape index (κ1) is 19.1. The maximum absolute atomic E-state index is 9.36. The predicted molar refractivity (Wildman–Crippen MR) is 144 cm³/mol. The molecular weight excluding hydrogens is 432 g/mol. The largest absolute Gasteiger partial charge is 0.309 e. The number of fused-ring (bicyclic) bond motifs is 6. The summed E-state index contributed by atoms with van der Waals surface area (Å²) < 4.78 is 4.81. The zero-order chi connectivity index (χ0) is 22.6. The second-order valence-electron chi connectivity index (χ2n) is 8.56. The normalized spacial score (nSPS) is 11.5. The first-order valence-corrected chi connectivity index (χ1v) is 12.1. The Labute approximate surface area is 200 Å².